The van der Waals surface area contributed by atoms with Gasteiger partial charge in [0.05, 0.1) is 6.61 Å². The number of rotatable bonds is 6. The number of hydrogen-bond acceptors (Lipinski definition) is 1. The van der Waals surface area contributed by atoms with E-state index in [0.717, 1.165) is 24.1 Å². The third-order valence-electron chi connectivity index (χ3n) is 3.08. The number of halogens is 1. The van der Waals surface area contributed by atoms with Crippen LogP contribution in [0.15, 0.2) is 12.1 Å². The highest BCUT2D eigenvalue weighted by Crippen LogP contribution is 2.33. The molecule has 0 aliphatic rings. The van der Waals surface area contributed by atoms with Gasteiger partial charge in [-0.3, -0.25) is 0 Å². The van der Waals surface area contributed by atoms with Gasteiger partial charge in [-0.2, -0.15) is 0 Å². The molecule has 0 spiro atoms. The summed E-state index contributed by atoms with van der Waals surface area (Å²) in [6.45, 7) is 11.7. The van der Waals surface area contributed by atoms with Crippen molar-refractivity contribution in [2.75, 3.05) is 11.9 Å². The van der Waals surface area contributed by atoms with Gasteiger partial charge in [0.2, 0.25) is 0 Å². The molecular weight excluding hydrogens is 288 g/mol. The summed E-state index contributed by atoms with van der Waals surface area (Å²) >= 11 is 3.53. The average molecular weight is 313 g/mol. The minimum atomic E-state index is 0.533. The predicted octanol–water partition coefficient (Wildman–Crippen LogP) is 5.23. The molecule has 0 aromatic heterocycles. The summed E-state index contributed by atoms with van der Waals surface area (Å²) < 4.78 is 6.04. The number of benzene rings is 1. The summed E-state index contributed by atoms with van der Waals surface area (Å²) in [4.78, 5) is 0. The molecule has 1 rings (SSSR count). The van der Waals surface area contributed by atoms with Crippen LogP contribution >= 0.6 is 15.9 Å². The molecule has 102 valence electrons. The Bertz CT molecular complexity index is 385. The van der Waals surface area contributed by atoms with Gasteiger partial charge in [0.25, 0.3) is 0 Å². The van der Waals surface area contributed by atoms with E-state index in [9.17, 15) is 0 Å². The zero-order valence-electron chi connectivity index (χ0n) is 12.2. The Morgan fingerprint density at radius 2 is 1.83 bits per heavy atom. The standard InChI is InChI=1S/C16H25BrO/c1-11(2)10-18-16-14(5)8-12(3)9-15(16)13(4)6-7-17/h8-9,11,13H,6-7,10H2,1-5H3. The van der Waals surface area contributed by atoms with Crippen molar-refractivity contribution in [1.82, 2.24) is 0 Å². The highest BCUT2D eigenvalue weighted by atomic mass is 79.9. The summed E-state index contributed by atoms with van der Waals surface area (Å²) in [5.41, 5.74) is 3.93. The molecule has 0 fully saturated rings. The molecule has 0 bridgehead atoms. The van der Waals surface area contributed by atoms with Crippen LogP contribution in [-0.4, -0.2) is 11.9 Å². The molecule has 0 saturated heterocycles. The molecule has 0 aliphatic carbocycles. The molecule has 1 nitrogen and oxygen atoms in total. The fraction of sp³-hybridized carbons (Fsp3) is 0.625. The van der Waals surface area contributed by atoms with E-state index in [1.165, 1.54) is 16.7 Å². The molecule has 0 N–H and O–H groups in total. The third kappa shape index (κ3) is 4.31. The number of hydrogen-bond donors (Lipinski definition) is 0. The van der Waals surface area contributed by atoms with Crippen LogP contribution < -0.4 is 4.74 Å². The van der Waals surface area contributed by atoms with Crippen LogP contribution in [-0.2, 0) is 0 Å². The lowest BCUT2D eigenvalue weighted by atomic mass is 9.94. The fourth-order valence-electron chi connectivity index (χ4n) is 2.12. The summed E-state index contributed by atoms with van der Waals surface area (Å²) in [5, 5.41) is 1.03. The molecular formula is C16H25BrO. The van der Waals surface area contributed by atoms with Gasteiger partial charge in [-0.15, -0.1) is 0 Å². The fourth-order valence-corrected chi connectivity index (χ4v) is 2.81. The maximum atomic E-state index is 6.04. The van der Waals surface area contributed by atoms with Crippen molar-refractivity contribution in [3.63, 3.8) is 0 Å². The summed E-state index contributed by atoms with van der Waals surface area (Å²) in [6, 6.07) is 4.48. The Morgan fingerprint density at radius 3 is 2.39 bits per heavy atom. The van der Waals surface area contributed by atoms with Crippen LogP contribution in [0.4, 0.5) is 0 Å². The first-order chi connectivity index (χ1) is 8.45. The van der Waals surface area contributed by atoms with Gasteiger partial charge in [-0.25, -0.2) is 0 Å². The van der Waals surface area contributed by atoms with Crippen LogP contribution in [0.3, 0.4) is 0 Å². The third-order valence-corrected chi connectivity index (χ3v) is 3.54. The van der Waals surface area contributed by atoms with Crippen LogP contribution in [0.25, 0.3) is 0 Å². The molecule has 0 amide bonds. The largest absolute Gasteiger partial charge is 0.493 e. The van der Waals surface area contributed by atoms with Gasteiger partial charge in [0, 0.05) is 5.33 Å². The average Bonchev–Trinajstić information content (AvgIpc) is 2.26. The molecule has 1 aromatic rings. The second-order valence-corrected chi connectivity index (χ2v) is 6.38. The van der Waals surface area contributed by atoms with Crippen molar-refractivity contribution in [2.45, 2.75) is 47.0 Å². The van der Waals surface area contributed by atoms with Crippen molar-refractivity contribution in [3.05, 3.63) is 28.8 Å². The first-order valence-corrected chi connectivity index (χ1v) is 7.87. The number of alkyl halides is 1. The Labute approximate surface area is 120 Å². The molecule has 1 unspecified atom stereocenters. The number of ether oxygens (including phenoxy) is 1. The second-order valence-electron chi connectivity index (χ2n) is 5.58. The maximum absolute atomic E-state index is 6.04. The van der Waals surface area contributed by atoms with Crippen LogP contribution in [0.1, 0.15) is 49.8 Å². The zero-order chi connectivity index (χ0) is 13.7. The van der Waals surface area contributed by atoms with Crippen LogP contribution in [0.5, 0.6) is 5.75 Å². The Hall–Kier alpha value is -0.500. The van der Waals surface area contributed by atoms with E-state index in [0.29, 0.717) is 11.8 Å². The topological polar surface area (TPSA) is 9.23 Å². The van der Waals surface area contributed by atoms with E-state index in [1.807, 2.05) is 0 Å². The first-order valence-electron chi connectivity index (χ1n) is 6.75. The lowest BCUT2D eigenvalue weighted by molar-refractivity contribution is 0.265. The summed E-state index contributed by atoms with van der Waals surface area (Å²) in [5.74, 6) is 2.19. The van der Waals surface area contributed by atoms with E-state index in [1.54, 1.807) is 0 Å². The molecule has 0 radical (unpaired) electrons. The van der Waals surface area contributed by atoms with E-state index in [-0.39, 0.29) is 0 Å². The van der Waals surface area contributed by atoms with Gasteiger partial charge in [0.1, 0.15) is 5.75 Å². The molecule has 1 aromatic carbocycles. The molecule has 0 heterocycles. The van der Waals surface area contributed by atoms with Crippen molar-refractivity contribution in [2.24, 2.45) is 5.92 Å². The maximum Gasteiger partial charge on any atom is 0.125 e. The second kappa shape index (κ2) is 7.18. The van der Waals surface area contributed by atoms with Crippen molar-refractivity contribution >= 4 is 15.9 Å². The first kappa shape index (κ1) is 15.6. The Kier molecular flexibility index (Phi) is 6.20. The SMILES string of the molecule is Cc1cc(C)c(OCC(C)C)c(C(C)CCBr)c1. The van der Waals surface area contributed by atoms with Gasteiger partial charge in [-0.05, 0) is 43.2 Å². The highest BCUT2D eigenvalue weighted by molar-refractivity contribution is 9.09. The van der Waals surface area contributed by atoms with Gasteiger partial charge in [0.15, 0.2) is 0 Å². The monoisotopic (exact) mass is 312 g/mol. The normalized spacial score (nSPS) is 12.8. The van der Waals surface area contributed by atoms with Crippen LogP contribution in [0, 0.1) is 19.8 Å². The van der Waals surface area contributed by atoms with Crippen molar-refractivity contribution < 1.29 is 4.74 Å². The van der Waals surface area contributed by atoms with Gasteiger partial charge in [-0.1, -0.05) is 54.4 Å². The van der Waals surface area contributed by atoms with E-state index in [2.05, 4.69) is 62.7 Å². The lowest BCUT2D eigenvalue weighted by Gasteiger charge is -2.20. The Balaban J connectivity index is 3.04. The van der Waals surface area contributed by atoms with Crippen molar-refractivity contribution in [3.8, 4) is 5.75 Å². The smallest absolute Gasteiger partial charge is 0.125 e. The van der Waals surface area contributed by atoms with E-state index < -0.39 is 0 Å². The van der Waals surface area contributed by atoms with Gasteiger partial charge >= 0.3 is 0 Å². The molecule has 2 heteroatoms. The Morgan fingerprint density at radius 1 is 1.17 bits per heavy atom. The minimum Gasteiger partial charge on any atom is -0.493 e. The lowest BCUT2D eigenvalue weighted by Crippen LogP contribution is -2.09. The van der Waals surface area contributed by atoms with Gasteiger partial charge < -0.3 is 4.74 Å². The molecule has 0 aliphatic heterocycles. The predicted molar refractivity (Wildman–Crippen MR) is 83.1 cm³/mol. The summed E-state index contributed by atoms with van der Waals surface area (Å²) in [6.07, 6.45) is 1.14. The quantitative estimate of drug-likeness (QED) is 0.654. The molecule has 18 heavy (non-hydrogen) atoms. The zero-order valence-corrected chi connectivity index (χ0v) is 13.8. The summed E-state index contributed by atoms with van der Waals surface area (Å²) in [7, 11) is 0. The van der Waals surface area contributed by atoms with Crippen molar-refractivity contribution in [1.29, 1.82) is 0 Å². The minimum absolute atomic E-state index is 0.533. The van der Waals surface area contributed by atoms with Crippen LogP contribution in [0.2, 0.25) is 0 Å². The van der Waals surface area contributed by atoms with E-state index >= 15 is 0 Å². The highest BCUT2D eigenvalue weighted by Gasteiger charge is 2.15. The molecule has 1 atom stereocenters. The number of aryl methyl sites for hydroxylation is 2. The molecule has 0 saturated carbocycles. The van der Waals surface area contributed by atoms with E-state index in [4.69, 9.17) is 4.74 Å².